The van der Waals surface area contributed by atoms with Crippen LogP contribution in [-0.4, -0.2) is 57.9 Å². The van der Waals surface area contributed by atoms with Crippen molar-refractivity contribution in [2.45, 2.75) is 27.7 Å². The summed E-state index contributed by atoms with van der Waals surface area (Å²) in [5.74, 6) is 1.58. The number of benzene rings is 9. The average Bonchev–Trinajstić information content (AvgIpc) is 1.36. The number of nitrogens with two attached hydrogens (primary N) is 1. The van der Waals surface area contributed by atoms with Crippen LogP contribution < -0.4 is 22.4 Å². The summed E-state index contributed by atoms with van der Waals surface area (Å²) in [6, 6.07) is 67.6. The van der Waals surface area contributed by atoms with Crippen LogP contribution in [0, 0.1) is 37.8 Å². The van der Waals surface area contributed by atoms with E-state index in [-0.39, 0.29) is 27.8 Å². The third-order valence-electron chi connectivity index (χ3n) is 14.1. The summed E-state index contributed by atoms with van der Waals surface area (Å²) in [6.45, 7) is 7.87. The van der Waals surface area contributed by atoms with Crippen LogP contribution in [0.4, 0.5) is 11.4 Å². The second-order valence-corrected chi connectivity index (χ2v) is 23.8. The van der Waals surface area contributed by atoms with Crippen LogP contribution in [0.25, 0.3) is 86.2 Å². The molecule has 432 valence electrons. The Kier molecular flexibility index (Phi) is 21.6. The van der Waals surface area contributed by atoms with Gasteiger partial charge >= 0.3 is 36.7 Å². The topological polar surface area (TPSA) is 205 Å². The normalized spacial score (nSPS) is 11.0. The van der Waals surface area contributed by atoms with Gasteiger partial charge in [0.05, 0.1) is 60.3 Å². The summed E-state index contributed by atoms with van der Waals surface area (Å²) in [7, 11) is 9.87. The second kappa shape index (κ2) is 29.8. The van der Waals surface area contributed by atoms with Crippen LogP contribution in [0.1, 0.15) is 56.4 Å². The number of hydrogen-bond donors (Lipinski definition) is 1. The van der Waals surface area contributed by atoms with Gasteiger partial charge in [-0.25, -0.2) is 15.0 Å². The molecule has 4 N–H and O–H groups in total. The van der Waals surface area contributed by atoms with Gasteiger partial charge in [-0.05, 0) is 165 Å². The van der Waals surface area contributed by atoms with Gasteiger partial charge in [0.25, 0.3) is 22.4 Å². The fourth-order valence-electron chi connectivity index (χ4n) is 9.63. The van der Waals surface area contributed by atoms with E-state index in [0.29, 0.717) is 67.0 Å². The minimum absolute atomic E-state index is 0. The van der Waals surface area contributed by atoms with Crippen LogP contribution in [0.2, 0.25) is 0 Å². The summed E-state index contributed by atoms with van der Waals surface area (Å²) < 4.78 is 4.81. The van der Waals surface area contributed by atoms with Crippen molar-refractivity contribution in [1.82, 2.24) is 28.7 Å². The molecule has 0 saturated heterocycles. The van der Waals surface area contributed by atoms with E-state index in [1.54, 1.807) is 70.7 Å². The number of aromatic nitrogens is 6. The summed E-state index contributed by atoms with van der Waals surface area (Å²) >= 11 is -0.826. The van der Waals surface area contributed by atoms with Crippen molar-refractivity contribution in [2.24, 2.45) is 0 Å². The quantitative estimate of drug-likeness (QED) is 0.0597. The molecule has 0 aliphatic rings. The van der Waals surface area contributed by atoms with E-state index in [2.05, 4.69) is 31.0 Å². The number of nitro benzene ring substituents is 1. The number of hydrogen-bond acceptors (Lipinski definition) is 9. The van der Waals surface area contributed by atoms with Gasteiger partial charge < -0.3 is 11.2 Å². The van der Waals surface area contributed by atoms with Crippen molar-refractivity contribution < 1.29 is 10.4 Å². The molecule has 87 heavy (non-hydrogen) atoms. The Morgan fingerprint density at radius 2 is 0.724 bits per heavy atom. The Bertz CT molecular complexity index is 4510. The molecule has 12 aromatic rings. The van der Waals surface area contributed by atoms with E-state index in [9.17, 15) is 24.5 Å². The van der Waals surface area contributed by atoms with E-state index in [4.69, 9.17) is 33.5 Å². The predicted molar refractivity (Wildman–Crippen MR) is 359 cm³/mol. The fourth-order valence-corrected chi connectivity index (χ4v) is 9.63. The first-order valence-corrected chi connectivity index (χ1v) is 34.4. The number of nitrogens with zero attached hydrogens (tertiary/aromatic N) is 7. The molecule has 0 bridgehead atoms. The van der Waals surface area contributed by atoms with Crippen LogP contribution in [0.15, 0.2) is 233 Å². The van der Waals surface area contributed by atoms with Gasteiger partial charge in [-0.15, -0.1) is 0 Å². The molecule has 3 aromatic heterocycles. The van der Waals surface area contributed by atoms with Crippen molar-refractivity contribution >= 4 is 117 Å². The molecule has 9 aromatic carbocycles. The molecule has 14 nitrogen and oxygen atoms in total. The van der Waals surface area contributed by atoms with Crippen molar-refractivity contribution in [3.05, 3.63) is 316 Å². The monoisotopic (exact) mass is 1300 g/mol. The predicted octanol–water partition coefficient (Wildman–Crippen LogP) is 14.6. The van der Waals surface area contributed by atoms with Gasteiger partial charge in [0, 0.05) is 11.3 Å². The first-order chi connectivity index (χ1) is 41.8. The number of aryl methyl sites for hydroxylation is 3. The van der Waals surface area contributed by atoms with E-state index in [0.717, 1.165) is 33.8 Å². The number of nitrogen functional groups attached to an aromatic ring is 1. The summed E-state index contributed by atoms with van der Waals surface area (Å²) in [4.78, 5) is 64.7. The van der Waals surface area contributed by atoms with Crippen LogP contribution in [-0.2, 0) is 0 Å². The van der Waals surface area contributed by atoms with Gasteiger partial charge in [-0.3, -0.25) is 38.2 Å². The molecule has 0 spiro atoms. The molecular weight excluding hydrogens is 1240 g/mol. The maximum atomic E-state index is 13.2. The second-order valence-electron chi connectivity index (χ2n) is 19.6. The Labute approximate surface area is 519 Å². The van der Waals surface area contributed by atoms with E-state index < -0.39 is 23.8 Å². The van der Waals surface area contributed by atoms with Crippen molar-refractivity contribution in [3.8, 4) is 17.1 Å². The Morgan fingerprint density at radius 1 is 0.414 bits per heavy atom. The molecule has 17 heteroatoms. The Morgan fingerprint density at radius 3 is 1.11 bits per heavy atom. The number of halogens is 2. The minimum atomic E-state index is -0.826. The van der Waals surface area contributed by atoms with E-state index in [1.807, 2.05) is 195 Å². The van der Waals surface area contributed by atoms with Gasteiger partial charge in [-0.2, -0.15) is 0 Å². The zero-order chi connectivity index (χ0) is 60.7. The van der Waals surface area contributed by atoms with Crippen molar-refractivity contribution in [2.75, 3.05) is 5.73 Å². The molecule has 12 rings (SSSR count). The zero-order valence-corrected chi connectivity index (χ0v) is 52.1. The van der Waals surface area contributed by atoms with Crippen molar-refractivity contribution in [3.63, 3.8) is 0 Å². The molecule has 0 amide bonds. The maximum absolute atomic E-state index is 13.2. The van der Waals surface area contributed by atoms with Crippen molar-refractivity contribution in [1.29, 1.82) is 0 Å². The first-order valence-electron chi connectivity index (χ1n) is 27.2. The average molecular weight is 1300 g/mol. The third kappa shape index (κ3) is 14.8. The molecule has 3 heterocycles. The van der Waals surface area contributed by atoms with Crippen LogP contribution >= 0.6 is 17.8 Å². The Balaban J connectivity index is 0.000000165. The number of fused-ring (bicyclic) bond motifs is 3. The van der Waals surface area contributed by atoms with E-state index in [1.165, 1.54) is 15.7 Å². The number of anilines is 1. The number of rotatable bonds is 10. The SMILES string of the molecule is Cc1cccc(/C=C/c2nc3ccccc3c(=O)n2-c2ccccc2)c1C.Cc1cccc(/C=C/c2nc3ccccc3c(=O)n2-c2ccccc2)c1N.Cc1cccc(/C=C/c2nc3ccccc3c(=O)n2-c2ccccc2)c1[N+](=O)[O-].O.[Cl][Sn][Cl]. The molecule has 0 aliphatic heterocycles. The molecular formula is C70H58Cl2N8O6Sn. The van der Waals surface area contributed by atoms with Gasteiger partial charge in [0.15, 0.2) is 0 Å². The standard InChI is InChI=1S/C24H20N2O.C23H17N3O3.C23H19N3O.2ClH.H2O.Sn/c1-17-9-8-10-19(18(17)2)15-16-23-25-22-14-7-6-13-21(22)24(27)26(23)20-11-4-3-5-12-20;1-16-8-7-9-17(22(16)26(28)29)14-15-21-24-20-13-6-5-12-19(20)23(27)25(21)18-10-3-2-4-11-18;1-16-8-7-9-17(22(16)24)14-15-21-25-20-13-6-5-12-19(20)23(27)26(21)18-10-3-2-4-11-18;;;;/h3-16H,1-2H3;2-15H,1H3;2-15H,24H2,1H3;2*1H;1H2;/q;;;;;;+2/p-2/b16-15+;2*15-14+;;;;. The zero-order valence-electron chi connectivity index (χ0n) is 47.8. The summed E-state index contributed by atoms with van der Waals surface area (Å²) in [6.07, 6.45) is 11.0. The van der Waals surface area contributed by atoms with E-state index >= 15 is 0 Å². The molecule has 2 radical (unpaired) electrons. The molecule has 0 saturated carbocycles. The first kappa shape index (κ1) is 63.2. The fraction of sp³-hybridized carbons (Fsp3) is 0.0571. The molecule has 0 fully saturated rings. The molecule has 0 atom stereocenters. The van der Waals surface area contributed by atoms with Crippen LogP contribution in [0.3, 0.4) is 0 Å². The Hall–Kier alpha value is -9.84. The number of para-hydroxylation sites is 8. The summed E-state index contributed by atoms with van der Waals surface area (Å²) in [5.41, 5.74) is 17.3. The number of nitro groups is 1. The van der Waals surface area contributed by atoms with Gasteiger partial charge in [-0.1, -0.05) is 146 Å². The van der Waals surface area contributed by atoms with Crippen LogP contribution in [0.5, 0.6) is 0 Å². The molecule has 0 unspecified atom stereocenters. The van der Waals surface area contributed by atoms with Gasteiger partial charge in [0.2, 0.25) is 0 Å². The summed E-state index contributed by atoms with van der Waals surface area (Å²) in [5, 5.41) is 13.2. The van der Waals surface area contributed by atoms with Gasteiger partial charge in [0.1, 0.15) is 17.5 Å². The molecule has 0 aliphatic carbocycles. The third-order valence-corrected chi connectivity index (χ3v) is 14.1.